The quantitative estimate of drug-likeness (QED) is 0.0261. The topological polar surface area (TPSA) is 78.9 Å². The normalized spacial score (nSPS) is 12.1. The first-order valence-corrected chi connectivity index (χ1v) is 35.8. The Morgan fingerprint density at radius 1 is 0.241 bits per heavy atom. The molecule has 0 heterocycles. The monoisotopic (exact) mass is 1110 g/mol. The SMILES string of the molecule is CCCCCCCC/C=C\CCCCCCCCCCCC(=O)OCC(COC(=O)CCCCCCCCCCCCCCCCCCCCCCCCC)OC(=O)CCCCCCCCCCC/C=C\CCCCCCCC. The molecule has 0 aromatic carbocycles. The maximum Gasteiger partial charge on any atom is 0.306 e. The van der Waals surface area contributed by atoms with E-state index in [1.807, 2.05) is 0 Å². The van der Waals surface area contributed by atoms with E-state index in [1.165, 1.54) is 308 Å². The third-order valence-corrected chi connectivity index (χ3v) is 16.4. The summed E-state index contributed by atoms with van der Waals surface area (Å²) in [4.78, 5) is 38.5. The van der Waals surface area contributed by atoms with E-state index in [9.17, 15) is 14.4 Å². The maximum absolute atomic E-state index is 13.0. The largest absolute Gasteiger partial charge is 0.462 e. The number of esters is 3. The van der Waals surface area contributed by atoms with Crippen molar-refractivity contribution in [1.82, 2.24) is 0 Å². The number of carbonyl (C=O) groups excluding carboxylic acids is 3. The lowest BCUT2D eigenvalue weighted by atomic mass is 10.0. The summed E-state index contributed by atoms with van der Waals surface area (Å²) in [5.41, 5.74) is 0. The van der Waals surface area contributed by atoms with Gasteiger partial charge in [-0.15, -0.1) is 0 Å². The molecule has 466 valence electrons. The number of ether oxygens (including phenoxy) is 3. The van der Waals surface area contributed by atoms with Crippen LogP contribution in [0.5, 0.6) is 0 Å². The van der Waals surface area contributed by atoms with Gasteiger partial charge in [0.15, 0.2) is 6.10 Å². The van der Waals surface area contributed by atoms with Crippen LogP contribution in [-0.4, -0.2) is 37.2 Å². The molecule has 0 radical (unpaired) electrons. The first-order chi connectivity index (χ1) is 39.0. The van der Waals surface area contributed by atoms with Gasteiger partial charge >= 0.3 is 17.9 Å². The molecule has 0 bridgehead atoms. The van der Waals surface area contributed by atoms with Crippen molar-refractivity contribution in [2.45, 2.75) is 412 Å². The van der Waals surface area contributed by atoms with Crippen LogP contribution in [0.4, 0.5) is 0 Å². The second kappa shape index (κ2) is 68.4. The number of unbranched alkanes of at least 4 members (excludes halogenated alkanes) is 52. The molecule has 0 fully saturated rings. The maximum atomic E-state index is 13.0. The van der Waals surface area contributed by atoms with E-state index < -0.39 is 6.10 Å². The molecule has 6 nitrogen and oxygen atoms in total. The predicted molar refractivity (Wildman–Crippen MR) is 344 cm³/mol. The fraction of sp³-hybridized carbons (Fsp3) is 0.904. The van der Waals surface area contributed by atoms with Gasteiger partial charge in [-0.2, -0.15) is 0 Å². The van der Waals surface area contributed by atoms with Crippen LogP contribution in [0.2, 0.25) is 0 Å². The average Bonchev–Trinajstić information content (AvgIpc) is 3.45. The third-order valence-electron chi connectivity index (χ3n) is 16.4. The molecule has 0 spiro atoms. The first kappa shape index (κ1) is 76.9. The minimum Gasteiger partial charge on any atom is -0.462 e. The molecule has 0 amide bonds. The molecule has 6 heteroatoms. The van der Waals surface area contributed by atoms with Crippen LogP contribution in [0.3, 0.4) is 0 Å². The molecule has 0 aromatic heterocycles. The van der Waals surface area contributed by atoms with Gasteiger partial charge in [0.25, 0.3) is 0 Å². The van der Waals surface area contributed by atoms with Crippen molar-refractivity contribution in [3.8, 4) is 0 Å². The van der Waals surface area contributed by atoms with Crippen LogP contribution in [0.25, 0.3) is 0 Å². The van der Waals surface area contributed by atoms with Crippen molar-refractivity contribution in [2.75, 3.05) is 13.2 Å². The molecule has 0 rings (SSSR count). The second-order valence-corrected chi connectivity index (χ2v) is 24.5. The molecular formula is C73H138O6. The molecule has 0 aliphatic heterocycles. The molecule has 0 saturated heterocycles. The zero-order valence-corrected chi connectivity index (χ0v) is 53.7. The first-order valence-electron chi connectivity index (χ1n) is 35.8. The Bertz CT molecular complexity index is 1270. The fourth-order valence-corrected chi connectivity index (χ4v) is 11.0. The summed E-state index contributed by atoms with van der Waals surface area (Å²) in [6.07, 6.45) is 83.4. The van der Waals surface area contributed by atoms with Gasteiger partial charge in [-0.05, 0) is 70.6 Å². The van der Waals surface area contributed by atoms with E-state index in [1.54, 1.807) is 0 Å². The zero-order chi connectivity index (χ0) is 57.1. The van der Waals surface area contributed by atoms with Crippen LogP contribution in [-0.2, 0) is 28.6 Å². The van der Waals surface area contributed by atoms with E-state index in [0.29, 0.717) is 19.3 Å². The van der Waals surface area contributed by atoms with Crippen LogP contribution in [0.1, 0.15) is 406 Å². The van der Waals surface area contributed by atoms with Crippen molar-refractivity contribution in [3.05, 3.63) is 24.3 Å². The predicted octanol–water partition coefficient (Wildman–Crippen LogP) is 24.6. The van der Waals surface area contributed by atoms with E-state index in [2.05, 4.69) is 45.1 Å². The number of rotatable bonds is 67. The summed E-state index contributed by atoms with van der Waals surface area (Å²) in [5.74, 6) is -0.838. The fourth-order valence-electron chi connectivity index (χ4n) is 11.0. The highest BCUT2D eigenvalue weighted by molar-refractivity contribution is 5.71. The zero-order valence-electron chi connectivity index (χ0n) is 53.7. The number of carbonyl (C=O) groups is 3. The number of hydrogen-bond donors (Lipinski definition) is 0. The van der Waals surface area contributed by atoms with Gasteiger partial charge in [-0.3, -0.25) is 14.4 Å². The van der Waals surface area contributed by atoms with Crippen molar-refractivity contribution in [2.24, 2.45) is 0 Å². The minimum atomic E-state index is -0.772. The Kier molecular flexibility index (Phi) is 66.6. The van der Waals surface area contributed by atoms with Gasteiger partial charge in [0, 0.05) is 19.3 Å². The number of hydrogen-bond acceptors (Lipinski definition) is 6. The molecular weight excluding hydrogens is 973 g/mol. The summed E-state index contributed by atoms with van der Waals surface area (Å²) in [6.45, 7) is 6.72. The van der Waals surface area contributed by atoms with Crippen molar-refractivity contribution in [1.29, 1.82) is 0 Å². The van der Waals surface area contributed by atoms with Gasteiger partial charge in [0.1, 0.15) is 13.2 Å². The third kappa shape index (κ3) is 66.6. The Morgan fingerprint density at radius 2 is 0.418 bits per heavy atom. The molecule has 0 aliphatic carbocycles. The van der Waals surface area contributed by atoms with E-state index in [4.69, 9.17) is 14.2 Å². The van der Waals surface area contributed by atoms with Crippen molar-refractivity contribution in [3.63, 3.8) is 0 Å². The van der Waals surface area contributed by atoms with Gasteiger partial charge in [0.05, 0.1) is 0 Å². The molecule has 1 atom stereocenters. The lowest BCUT2D eigenvalue weighted by Crippen LogP contribution is -2.30. The summed E-state index contributed by atoms with van der Waals surface area (Å²) in [5, 5.41) is 0. The highest BCUT2D eigenvalue weighted by Crippen LogP contribution is 2.19. The van der Waals surface area contributed by atoms with Gasteiger partial charge < -0.3 is 14.2 Å². The summed E-state index contributed by atoms with van der Waals surface area (Å²) < 4.78 is 17.0. The molecule has 0 aliphatic rings. The molecule has 0 saturated carbocycles. The lowest BCUT2D eigenvalue weighted by Gasteiger charge is -2.18. The molecule has 79 heavy (non-hydrogen) atoms. The van der Waals surface area contributed by atoms with Crippen LogP contribution < -0.4 is 0 Å². The van der Waals surface area contributed by atoms with Gasteiger partial charge in [-0.25, -0.2) is 0 Å². The van der Waals surface area contributed by atoms with Crippen LogP contribution >= 0.6 is 0 Å². The van der Waals surface area contributed by atoms with Crippen LogP contribution in [0, 0.1) is 0 Å². The highest BCUT2D eigenvalue weighted by Gasteiger charge is 2.19. The average molecular weight is 1110 g/mol. The van der Waals surface area contributed by atoms with Crippen molar-refractivity contribution >= 4 is 17.9 Å². The summed E-state index contributed by atoms with van der Waals surface area (Å²) in [6, 6.07) is 0. The molecule has 0 N–H and O–H groups in total. The Labute approximate surface area is 493 Å². The Balaban J connectivity index is 4.29. The van der Waals surface area contributed by atoms with E-state index in [-0.39, 0.29) is 31.1 Å². The molecule has 0 aromatic rings. The second-order valence-electron chi connectivity index (χ2n) is 24.5. The Morgan fingerprint density at radius 3 is 0.633 bits per heavy atom. The summed E-state index contributed by atoms with van der Waals surface area (Å²) in [7, 11) is 0. The highest BCUT2D eigenvalue weighted by atomic mass is 16.6. The smallest absolute Gasteiger partial charge is 0.306 e. The number of allylic oxidation sites excluding steroid dienone is 4. The van der Waals surface area contributed by atoms with Crippen LogP contribution in [0.15, 0.2) is 24.3 Å². The van der Waals surface area contributed by atoms with Gasteiger partial charge in [0.2, 0.25) is 0 Å². The van der Waals surface area contributed by atoms with Gasteiger partial charge in [-0.1, -0.05) is 340 Å². The van der Waals surface area contributed by atoms with E-state index in [0.717, 1.165) is 57.8 Å². The minimum absolute atomic E-state index is 0.0668. The standard InChI is InChI=1S/C73H138O6/c1-4-7-10-13-16-19-22-25-28-31-34-35-36-37-40-42-45-48-51-54-57-60-63-66-72(75)78-69-70(79-73(76)67-64-61-58-55-52-49-46-43-39-33-30-27-24-21-18-15-12-9-6-3)68-77-71(74)65-62-59-56-53-50-47-44-41-38-32-29-26-23-20-17-14-11-8-5-2/h26-27,29-30,70H,4-25,28,31-69H2,1-3H3/b29-26-,30-27-. The van der Waals surface area contributed by atoms with E-state index >= 15 is 0 Å². The Hall–Kier alpha value is -2.11. The van der Waals surface area contributed by atoms with Crippen molar-refractivity contribution < 1.29 is 28.6 Å². The molecule has 1 unspecified atom stereocenters. The summed E-state index contributed by atoms with van der Waals surface area (Å²) >= 11 is 0. The lowest BCUT2D eigenvalue weighted by molar-refractivity contribution is -0.167.